The molecule has 1 aliphatic rings. The van der Waals surface area contributed by atoms with Crippen molar-refractivity contribution in [1.29, 1.82) is 0 Å². The molecule has 1 amide bonds. The summed E-state index contributed by atoms with van der Waals surface area (Å²) in [7, 11) is 0. The Morgan fingerprint density at radius 2 is 2.07 bits per heavy atom. The van der Waals surface area contributed by atoms with Crippen LogP contribution < -0.4 is 0 Å². The first-order valence-electron chi connectivity index (χ1n) is 9.52. The molecule has 7 nitrogen and oxygen atoms in total. The molecule has 1 saturated carbocycles. The standard InChI is InChI=1S/C21H17ClN4O3S/c22-16-5-2-1-4-15(16)20-25-24-18(29-20)11-26(14-7-8-14)19(27)10-13-12-30-21(23-13)17-6-3-9-28-17/h1-6,9,12,14H,7-8,10-11H2. The number of amides is 1. The molecule has 4 aromatic rings. The highest BCUT2D eigenvalue weighted by atomic mass is 35.5. The summed E-state index contributed by atoms with van der Waals surface area (Å²) >= 11 is 7.67. The minimum atomic E-state index is -0.00807. The lowest BCUT2D eigenvalue weighted by molar-refractivity contribution is -0.132. The molecule has 1 aliphatic carbocycles. The average molecular weight is 441 g/mol. The number of thiazole rings is 1. The summed E-state index contributed by atoms with van der Waals surface area (Å²) in [5, 5.41) is 11.4. The smallest absolute Gasteiger partial charge is 0.249 e. The molecular formula is C21H17ClN4O3S. The fraction of sp³-hybridized carbons (Fsp3) is 0.238. The van der Waals surface area contributed by atoms with E-state index in [1.807, 2.05) is 35.7 Å². The van der Waals surface area contributed by atoms with Gasteiger partial charge in [-0.25, -0.2) is 4.98 Å². The van der Waals surface area contributed by atoms with Crippen molar-refractivity contribution < 1.29 is 13.6 Å². The van der Waals surface area contributed by atoms with Crippen LogP contribution in [0.5, 0.6) is 0 Å². The SMILES string of the molecule is O=C(Cc1csc(-c2ccco2)n1)N(Cc1nnc(-c2ccccc2Cl)o1)C1CC1. The van der Waals surface area contributed by atoms with E-state index in [9.17, 15) is 4.79 Å². The molecule has 1 fully saturated rings. The van der Waals surface area contributed by atoms with Gasteiger partial charge in [0.1, 0.15) is 0 Å². The van der Waals surface area contributed by atoms with Crippen molar-refractivity contribution in [3.8, 4) is 22.2 Å². The molecule has 30 heavy (non-hydrogen) atoms. The Hall–Kier alpha value is -2.97. The van der Waals surface area contributed by atoms with Gasteiger partial charge in [-0.1, -0.05) is 23.7 Å². The van der Waals surface area contributed by atoms with Crippen molar-refractivity contribution in [2.45, 2.75) is 31.8 Å². The van der Waals surface area contributed by atoms with Gasteiger partial charge in [0.05, 0.1) is 35.5 Å². The lowest BCUT2D eigenvalue weighted by Gasteiger charge is -2.20. The summed E-state index contributed by atoms with van der Waals surface area (Å²) in [6.45, 7) is 0.274. The Bertz CT molecular complexity index is 1170. The topological polar surface area (TPSA) is 85.3 Å². The Kier molecular flexibility index (Phi) is 5.10. The molecule has 0 atom stereocenters. The van der Waals surface area contributed by atoms with Crippen LogP contribution in [0, 0.1) is 0 Å². The van der Waals surface area contributed by atoms with Crippen molar-refractivity contribution in [2.24, 2.45) is 0 Å². The highest BCUT2D eigenvalue weighted by molar-refractivity contribution is 7.13. The van der Waals surface area contributed by atoms with Crippen LogP contribution in [-0.2, 0) is 17.8 Å². The molecule has 0 unspecified atom stereocenters. The van der Waals surface area contributed by atoms with E-state index in [0.717, 1.165) is 23.5 Å². The van der Waals surface area contributed by atoms with Crippen molar-refractivity contribution >= 4 is 28.8 Å². The number of halogens is 1. The van der Waals surface area contributed by atoms with Gasteiger partial charge in [0.25, 0.3) is 0 Å². The fourth-order valence-corrected chi connectivity index (χ4v) is 4.17. The maximum Gasteiger partial charge on any atom is 0.249 e. The number of aromatic nitrogens is 3. The number of furan rings is 1. The zero-order valence-corrected chi connectivity index (χ0v) is 17.4. The molecule has 0 aliphatic heterocycles. The van der Waals surface area contributed by atoms with Crippen molar-refractivity contribution in [3.63, 3.8) is 0 Å². The van der Waals surface area contributed by atoms with Crippen molar-refractivity contribution in [1.82, 2.24) is 20.1 Å². The summed E-state index contributed by atoms with van der Waals surface area (Å²) in [6, 6.07) is 11.2. The highest BCUT2D eigenvalue weighted by Crippen LogP contribution is 2.31. The van der Waals surface area contributed by atoms with E-state index < -0.39 is 0 Å². The first-order valence-corrected chi connectivity index (χ1v) is 10.8. The van der Waals surface area contributed by atoms with Crippen molar-refractivity contribution in [2.75, 3.05) is 0 Å². The van der Waals surface area contributed by atoms with Crippen molar-refractivity contribution in [3.05, 3.63) is 64.6 Å². The van der Waals surface area contributed by atoms with Crippen LogP contribution in [0.15, 0.2) is 56.9 Å². The van der Waals surface area contributed by atoms with Crippen LogP contribution in [0.25, 0.3) is 22.2 Å². The summed E-state index contributed by atoms with van der Waals surface area (Å²) in [6.07, 6.45) is 3.79. The Labute approximate surface area is 181 Å². The molecule has 3 aromatic heterocycles. The minimum absolute atomic E-state index is 0.00807. The second-order valence-electron chi connectivity index (χ2n) is 7.03. The quantitative estimate of drug-likeness (QED) is 0.408. The van der Waals surface area contributed by atoms with E-state index >= 15 is 0 Å². The third-order valence-electron chi connectivity index (χ3n) is 4.80. The number of hydrogen-bond acceptors (Lipinski definition) is 7. The largest absolute Gasteiger partial charge is 0.462 e. The van der Waals surface area contributed by atoms with Crippen LogP contribution in [0.4, 0.5) is 0 Å². The van der Waals surface area contributed by atoms with E-state index in [-0.39, 0.29) is 24.9 Å². The summed E-state index contributed by atoms with van der Waals surface area (Å²) < 4.78 is 11.2. The number of nitrogens with zero attached hydrogens (tertiary/aromatic N) is 4. The first kappa shape index (κ1) is 19.0. The summed E-state index contributed by atoms with van der Waals surface area (Å²) in [5.74, 6) is 1.43. The minimum Gasteiger partial charge on any atom is -0.462 e. The van der Waals surface area contributed by atoms with Crippen LogP contribution in [-0.4, -0.2) is 32.0 Å². The van der Waals surface area contributed by atoms with Crippen LogP contribution in [0.1, 0.15) is 24.4 Å². The number of benzene rings is 1. The lowest BCUT2D eigenvalue weighted by atomic mass is 10.2. The first-order chi connectivity index (χ1) is 14.7. The van der Waals surface area contributed by atoms with E-state index in [1.165, 1.54) is 11.3 Å². The molecule has 0 N–H and O–H groups in total. The molecule has 0 saturated heterocycles. The molecular weight excluding hydrogens is 424 g/mol. The number of carbonyl (C=O) groups excluding carboxylic acids is 1. The third-order valence-corrected chi connectivity index (χ3v) is 6.04. The third kappa shape index (κ3) is 4.01. The molecule has 5 rings (SSSR count). The van der Waals surface area contributed by atoms with Gasteiger partial charge >= 0.3 is 0 Å². The Balaban J connectivity index is 1.29. The lowest BCUT2D eigenvalue weighted by Crippen LogP contribution is -2.34. The van der Waals surface area contributed by atoms with Crippen LogP contribution in [0.2, 0.25) is 5.02 Å². The van der Waals surface area contributed by atoms with E-state index in [1.54, 1.807) is 17.2 Å². The van der Waals surface area contributed by atoms with Crippen LogP contribution >= 0.6 is 22.9 Å². The zero-order valence-electron chi connectivity index (χ0n) is 15.8. The van der Waals surface area contributed by atoms with Gasteiger partial charge < -0.3 is 13.7 Å². The zero-order chi connectivity index (χ0) is 20.5. The molecule has 0 bridgehead atoms. The Morgan fingerprint density at radius 3 is 2.83 bits per heavy atom. The average Bonchev–Trinajstić information content (AvgIpc) is 3.15. The van der Waals surface area contributed by atoms with Crippen LogP contribution in [0.3, 0.4) is 0 Å². The maximum atomic E-state index is 13.0. The van der Waals surface area contributed by atoms with E-state index in [4.69, 9.17) is 20.4 Å². The van der Waals surface area contributed by atoms with Gasteiger partial charge in [-0.3, -0.25) is 4.79 Å². The highest BCUT2D eigenvalue weighted by Gasteiger charge is 2.34. The summed E-state index contributed by atoms with van der Waals surface area (Å²) in [5.41, 5.74) is 1.40. The number of carbonyl (C=O) groups is 1. The second-order valence-corrected chi connectivity index (χ2v) is 8.30. The predicted molar refractivity (Wildman–Crippen MR) is 112 cm³/mol. The van der Waals surface area contributed by atoms with Gasteiger partial charge in [-0.05, 0) is 37.1 Å². The van der Waals surface area contributed by atoms with Gasteiger partial charge in [-0.2, -0.15) is 0 Å². The molecule has 3 heterocycles. The number of rotatable bonds is 7. The molecule has 0 radical (unpaired) electrons. The second kappa shape index (κ2) is 8.04. The predicted octanol–water partition coefficient (Wildman–Crippen LogP) is 4.84. The Morgan fingerprint density at radius 1 is 1.20 bits per heavy atom. The molecule has 1 aromatic carbocycles. The summed E-state index contributed by atoms with van der Waals surface area (Å²) in [4.78, 5) is 19.3. The van der Waals surface area contributed by atoms with Gasteiger partial charge in [0.15, 0.2) is 10.8 Å². The number of hydrogen-bond donors (Lipinski definition) is 0. The molecule has 9 heteroatoms. The maximum absolute atomic E-state index is 13.0. The van der Waals surface area contributed by atoms with Gasteiger partial charge in [0, 0.05) is 11.4 Å². The monoisotopic (exact) mass is 440 g/mol. The molecule has 0 spiro atoms. The fourth-order valence-electron chi connectivity index (χ4n) is 3.17. The molecule has 152 valence electrons. The van der Waals surface area contributed by atoms with E-state index in [0.29, 0.717) is 28.1 Å². The van der Waals surface area contributed by atoms with Gasteiger partial charge in [0.2, 0.25) is 17.7 Å². The normalized spacial score (nSPS) is 13.5. The van der Waals surface area contributed by atoms with Gasteiger partial charge in [-0.15, -0.1) is 21.5 Å². The van der Waals surface area contributed by atoms with E-state index in [2.05, 4.69) is 15.2 Å².